The molecule has 5 N–H and O–H groups in total. The maximum Gasteiger partial charge on any atom is 0.322 e. The molecule has 1 unspecified atom stereocenters. The Labute approximate surface area is 382 Å². The molecule has 4 aromatic heterocycles. The topological polar surface area (TPSA) is 181 Å². The van der Waals surface area contributed by atoms with Crippen molar-refractivity contribution in [1.82, 2.24) is 44.3 Å². The minimum Gasteiger partial charge on any atom is -0.391 e. The first-order valence-corrected chi connectivity index (χ1v) is 22.6. The molecular weight excluding hydrogens is 970 g/mol. The Kier molecular flexibility index (Phi) is 14.0. The van der Waals surface area contributed by atoms with Crippen molar-refractivity contribution in [3.8, 4) is 0 Å². The molecule has 0 saturated carbocycles. The molecule has 4 fully saturated rings. The van der Waals surface area contributed by atoms with Crippen LogP contribution in [0.4, 0.5) is 35.6 Å². The van der Waals surface area contributed by atoms with Crippen LogP contribution in [0.5, 0.6) is 0 Å². The molecule has 0 aliphatic carbocycles. The number of rotatable bonds is 5. The second-order valence-corrected chi connectivity index (χ2v) is 17.9. The van der Waals surface area contributed by atoms with E-state index in [9.17, 15) is 28.6 Å². The van der Waals surface area contributed by atoms with Crippen LogP contribution in [0.3, 0.4) is 0 Å². The largest absolute Gasteiger partial charge is 0.391 e. The van der Waals surface area contributed by atoms with Crippen LogP contribution in [0.2, 0.25) is 5.15 Å². The summed E-state index contributed by atoms with van der Waals surface area (Å²) in [7, 11) is 0. The fourth-order valence-corrected chi connectivity index (χ4v) is 9.04. The van der Waals surface area contributed by atoms with E-state index in [-0.39, 0.29) is 35.8 Å². The summed E-state index contributed by atoms with van der Waals surface area (Å²) in [5.74, 6) is 0.371. The molecule has 63 heavy (non-hydrogen) atoms. The van der Waals surface area contributed by atoms with Gasteiger partial charge in [-0.15, -0.1) is 0 Å². The van der Waals surface area contributed by atoms with E-state index in [1.165, 1.54) is 22.8 Å². The number of anilines is 3. The van der Waals surface area contributed by atoms with Gasteiger partial charge >= 0.3 is 12.1 Å². The van der Waals surface area contributed by atoms with Crippen molar-refractivity contribution in [2.24, 2.45) is 0 Å². The van der Waals surface area contributed by atoms with Gasteiger partial charge in [0, 0.05) is 71.2 Å². The van der Waals surface area contributed by atoms with E-state index in [1.807, 2.05) is 18.2 Å². The minimum absolute atomic E-state index is 0.109. The van der Waals surface area contributed by atoms with Crippen LogP contribution in [0, 0.1) is 11.6 Å². The average Bonchev–Trinajstić information content (AvgIpc) is 4.14. The van der Waals surface area contributed by atoms with Crippen LogP contribution >= 0.6 is 43.5 Å². The van der Waals surface area contributed by atoms with Gasteiger partial charge in [-0.05, 0) is 93.6 Å². The monoisotopic (exact) mass is 1010 g/mol. The number of carbonyl (C=O) groups excluding carboxylic acids is 2. The third-order valence-corrected chi connectivity index (χ3v) is 12.5. The zero-order valence-electron chi connectivity index (χ0n) is 33.8. The van der Waals surface area contributed by atoms with Crippen molar-refractivity contribution in [3.05, 3.63) is 110 Å². The van der Waals surface area contributed by atoms with E-state index in [0.29, 0.717) is 78.2 Å². The van der Waals surface area contributed by atoms with Crippen LogP contribution in [0.25, 0.3) is 11.3 Å². The molecule has 4 aliphatic heterocycles. The van der Waals surface area contributed by atoms with E-state index in [1.54, 1.807) is 51.1 Å². The lowest BCUT2D eigenvalue weighted by molar-refractivity contribution is 0.176. The second kappa shape index (κ2) is 19.8. The number of aliphatic hydroxyl groups excluding tert-OH is 2. The van der Waals surface area contributed by atoms with Gasteiger partial charge < -0.3 is 40.9 Å². The van der Waals surface area contributed by atoms with Gasteiger partial charge in [-0.25, -0.2) is 37.4 Å². The van der Waals surface area contributed by atoms with Gasteiger partial charge in [0.2, 0.25) is 0 Å². The SMILES string of the molecule is Fc1ccc(Br)cc1C1CCCN1.O=C(Nc1cnn2ccc(Cl)nc12)N1CC[C@H](O)C1.O=C(Nc1cnn2ccc(N3CCC[C@@H]3c3cc(Br)ccc3F)nc12)N1CC[C@H](O)C1. The molecule has 0 radical (unpaired) electrons. The molecule has 21 heteroatoms. The Hall–Kier alpha value is -4.99. The smallest absolute Gasteiger partial charge is 0.322 e. The lowest BCUT2D eigenvalue weighted by atomic mass is 10.0. The number of urea groups is 2. The Bertz CT molecular complexity index is 2600. The first kappa shape index (κ1) is 44.6. The van der Waals surface area contributed by atoms with Crippen molar-refractivity contribution in [2.75, 3.05) is 54.8 Å². The molecular formula is C42H45Br2ClF2N12O4. The predicted molar refractivity (Wildman–Crippen MR) is 241 cm³/mol. The summed E-state index contributed by atoms with van der Waals surface area (Å²) in [6, 6.07) is 13.1. The summed E-state index contributed by atoms with van der Waals surface area (Å²) < 4.78 is 32.8. The lowest BCUT2D eigenvalue weighted by Gasteiger charge is -2.26. The Morgan fingerprint density at radius 3 is 1.87 bits per heavy atom. The first-order chi connectivity index (χ1) is 30.4. The molecule has 4 amide bonds. The van der Waals surface area contributed by atoms with Gasteiger partial charge in [0.1, 0.15) is 34.0 Å². The number of likely N-dealkylation sites (tertiary alicyclic amines) is 2. The lowest BCUT2D eigenvalue weighted by Crippen LogP contribution is -2.33. The van der Waals surface area contributed by atoms with Crippen molar-refractivity contribution < 1.29 is 28.6 Å². The number of nitrogens with one attached hydrogen (secondary N) is 3. The minimum atomic E-state index is -0.482. The molecule has 0 spiro atoms. The summed E-state index contributed by atoms with van der Waals surface area (Å²) in [4.78, 5) is 38.6. The van der Waals surface area contributed by atoms with Crippen molar-refractivity contribution >= 4 is 84.0 Å². The molecule has 4 aliphatic rings. The number of aliphatic hydroxyl groups is 2. The highest BCUT2D eigenvalue weighted by molar-refractivity contribution is 9.10. The van der Waals surface area contributed by atoms with Gasteiger partial charge in [-0.3, -0.25) is 0 Å². The molecule has 10 rings (SSSR count). The third-order valence-electron chi connectivity index (χ3n) is 11.3. The molecule has 2 aromatic carbocycles. The number of fused-ring (bicyclic) bond motifs is 2. The van der Waals surface area contributed by atoms with Crippen LogP contribution in [0.1, 0.15) is 61.7 Å². The highest BCUT2D eigenvalue weighted by atomic mass is 79.9. The second-order valence-electron chi connectivity index (χ2n) is 15.7. The van der Waals surface area contributed by atoms with Crippen molar-refractivity contribution in [1.29, 1.82) is 0 Å². The van der Waals surface area contributed by atoms with E-state index < -0.39 is 12.2 Å². The van der Waals surface area contributed by atoms with E-state index in [0.717, 1.165) is 53.3 Å². The molecule has 4 atom stereocenters. The zero-order valence-corrected chi connectivity index (χ0v) is 37.8. The Morgan fingerprint density at radius 1 is 0.730 bits per heavy atom. The summed E-state index contributed by atoms with van der Waals surface area (Å²) in [5, 5.41) is 36.6. The molecule has 4 saturated heterocycles. The van der Waals surface area contributed by atoms with Gasteiger partial charge in [0.25, 0.3) is 0 Å². The quantitative estimate of drug-likeness (QED) is 0.108. The first-order valence-electron chi connectivity index (χ1n) is 20.6. The van der Waals surface area contributed by atoms with E-state index in [2.05, 4.69) is 67.9 Å². The van der Waals surface area contributed by atoms with Gasteiger partial charge in [0.05, 0.1) is 30.6 Å². The third kappa shape index (κ3) is 10.5. The van der Waals surface area contributed by atoms with Crippen LogP contribution in [-0.4, -0.2) is 113 Å². The summed E-state index contributed by atoms with van der Waals surface area (Å²) in [5.41, 5.74) is 3.42. The Balaban J connectivity index is 0.000000144. The summed E-state index contributed by atoms with van der Waals surface area (Å²) >= 11 is 12.6. The summed E-state index contributed by atoms with van der Waals surface area (Å²) in [6.45, 7) is 3.48. The number of amides is 4. The number of benzene rings is 2. The highest BCUT2D eigenvalue weighted by Gasteiger charge is 2.31. The zero-order chi connectivity index (χ0) is 44.2. The summed E-state index contributed by atoms with van der Waals surface area (Å²) in [6.07, 6.45) is 10.7. The predicted octanol–water partition coefficient (Wildman–Crippen LogP) is 7.56. The number of carbonyl (C=O) groups is 2. The molecule has 0 bridgehead atoms. The number of β-amino-alcohol motifs (C(OH)–C–C–N with tert-alkyl or cyclic N) is 2. The molecule has 332 valence electrons. The number of halogens is 5. The number of hydrogen-bond acceptors (Lipinski definition) is 10. The van der Waals surface area contributed by atoms with E-state index in [4.69, 9.17) is 16.6 Å². The van der Waals surface area contributed by atoms with Gasteiger partial charge in [0.15, 0.2) is 11.3 Å². The van der Waals surface area contributed by atoms with Crippen molar-refractivity contribution in [3.63, 3.8) is 0 Å². The maximum absolute atomic E-state index is 14.5. The van der Waals surface area contributed by atoms with Gasteiger partial charge in [-0.1, -0.05) is 43.5 Å². The fourth-order valence-electron chi connectivity index (χ4n) is 8.15. The number of hydrogen-bond donors (Lipinski definition) is 5. The number of aromatic nitrogens is 6. The standard InChI is InChI=1S/C21H22BrFN6O2.C11H12ClN5O2.C10H11BrFN/c22-13-3-4-16(23)15(10-13)18-2-1-7-28(18)19-6-9-29-20(26-19)17(11-24-29)25-21(31)27-8-5-14(30)12-27;12-9-2-4-17-10(15-9)8(5-13-17)14-11(19)16-3-1-7(18)6-16;11-7-3-4-9(12)8(6-7)10-2-1-5-13-10/h3-4,6,9-11,14,18,30H,1-2,5,7-8,12H2,(H,25,31);2,4-5,7,18H,1,3,6H2,(H,14,19);3-4,6,10,13H,1-2,5H2/t14-,18+;7-;/m00./s1. The maximum atomic E-state index is 14.5. The molecule has 6 aromatic rings. The van der Waals surface area contributed by atoms with Gasteiger partial charge in [-0.2, -0.15) is 10.2 Å². The van der Waals surface area contributed by atoms with Crippen LogP contribution in [0.15, 0.2) is 82.3 Å². The van der Waals surface area contributed by atoms with Crippen LogP contribution in [-0.2, 0) is 0 Å². The molecule has 8 heterocycles. The molecule has 16 nitrogen and oxygen atoms in total. The average molecular weight is 1020 g/mol. The normalized spacial score (nSPS) is 20.8. The Morgan fingerprint density at radius 2 is 1.30 bits per heavy atom. The number of nitrogens with zero attached hydrogens (tertiary/aromatic N) is 9. The van der Waals surface area contributed by atoms with Crippen LogP contribution < -0.4 is 20.9 Å². The fraction of sp³-hybridized carbons (Fsp3) is 0.381. The van der Waals surface area contributed by atoms with Crippen molar-refractivity contribution in [2.45, 2.75) is 62.8 Å². The van der Waals surface area contributed by atoms with E-state index >= 15 is 0 Å². The highest BCUT2D eigenvalue weighted by Crippen LogP contribution is 2.38.